The molecular formula is C23H20ClIN2O2. The molecule has 0 saturated carbocycles. The summed E-state index contributed by atoms with van der Waals surface area (Å²) in [6, 6.07) is 15.8. The van der Waals surface area contributed by atoms with Gasteiger partial charge in [-0.05, 0) is 64.8 Å². The van der Waals surface area contributed by atoms with Gasteiger partial charge >= 0.3 is 0 Å². The van der Waals surface area contributed by atoms with Crippen LogP contribution in [0.4, 0.5) is 0 Å². The van der Waals surface area contributed by atoms with Crippen molar-refractivity contribution < 1.29 is 9.53 Å². The molecule has 0 spiro atoms. The maximum Gasteiger partial charge on any atom is 0.256 e. The largest absolute Gasteiger partial charge is 0.473 e. The average Bonchev–Trinajstić information content (AvgIpc) is 2.73. The van der Waals surface area contributed by atoms with Crippen LogP contribution in [0.2, 0.25) is 5.02 Å². The molecule has 29 heavy (non-hydrogen) atoms. The highest BCUT2D eigenvalue weighted by molar-refractivity contribution is 14.1. The molecule has 0 fully saturated rings. The van der Waals surface area contributed by atoms with Gasteiger partial charge in [0.25, 0.3) is 5.91 Å². The van der Waals surface area contributed by atoms with E-state index in [9.17, 15) is 4.79 Å². The fraction of sp³-hybridized carbons (Fsp3) is 0.217. The Balaban J connectivity index is 1.55. The molecule has 0 N–H and O–H groups in total. The highest BCUT2D eigenvalue weighted by Gasteiger charge is 2.29. The summed E-state index contributed by atoms with van der Waals surface area (Å²) in [4.78, 5) is 19.4. The van der Waals surface area contributed by atoms with Crippen LogP contribution in [0.1, 0.15) is 32.6 Å². The zero-order chi connectivity index (χ0) is 20.4. The first-order valence-corrected chi connectivity index (χ1v) is 10.9. The van der Waals surface area contributed by atoms with Crippen molar-refractivity contribution in [2.45, 2.75) is 26.5 Å². The molecule has 4 nitrogen and oxygen atoms in total. The number of hydrogen-bond donors (Lipinski definition) is 0. The second-order valence-electron chi connectivity index (χ2n) is 7.06. The molecule has 0 radical (unpaired) electrons. The van der Waals surface area contributed by atoms with Crippen LogP contribution in [-0.4, -0.2) is 22.3 Å². The van der Waals surface area contributed by atoms with E-state index in [0.29, 0.717) is 36.2 Å². The van der Waals surface area contributed by atoms with E-state index in [1.54, 1.807) is 6.20 Å². The Bertz CT molecular complexity index is 1060. The molecule has 6 heteroatoms. The second-order valence-corrected chi connectivity index (χ2v) is 8.60. The van der Waals surface area contributed by atoms with E-state index in [1.807, 2.05) is 60.4 Å². The van der Waals surface area contributed by atoms with Crippen molar-refractivity contribution in [3.8, 4) is 5.88 Å². The highest BCUT2D eigenvalue weighted by atomic mass is 127. The molecule has 1 aliphatic rings. The smallest absolute Gasteiger partial charge is 0.256 e. The quantitative estimate of drug-likeness (QED) is 0.423. The molecule has 0 saturated heterocycles. The number of rotatable bonds is 5. The summed E-state index contributed by atoms with van der Waals surface area (Å²) in [5, 5.41) is 0.549. The number of amides is 1. The normalized spacial score (nSPS) is 13.3. The van der Waals surface area contributed by atoms with Gasteiger partial charge in [-0.2, -0.15) is 0 Å². The highest BCUT2D eigenvalue weighted by Crippen LogP contribution is 2.33. The second kappa shape index (κ2) is 8.71. The van der Waals surface area contributed by atoms with Gasteiger partial charge in [-0.1, -0.05) is 48.0 Å². The summed E-state index contributed by atoms with van der Waals surface area (Å²) in [5.74, 6) is 0.524. The lowest BCUT2D eigenvalue weighted by Crippen LogP contribution is -2.38. The summed E-state index contributed by atoms with van der Waals surface area (Å²) in [6.45, 7) is 3.56. The molecule has 3 aromatic rings. The molecule has 0 atom stereocenters. The lowest BCUT2D eigenvalue weighted by Gasteiger charge is -2.30. The van der Waals surface area contributed by atoms with Crippen LogP contribution in [0.15, 0.2) is 54.7 Å². The van der Waals surface area contributed by atoms with Gasteiger partial charge < -0.3 is 9.64 Å². The Morgan fingerprint density at radius 1 is 1.21 bits per heavy atom. The van der Waals surface area contributed by atoms with Crippen molar-refractivity contribution in [1.82, 2.24) is 9.88 Å². The number of carbonyl (C=O) groups is 1. The molecule has 2 heterocycles. The minimum atomic E-state index is -0.0317. The Morgan fingerprint density at radius 2 is 2.00 bits per heavy atom. The molecule has 1 aliphatic heterocycles. The van der Waals surface area contributed by atoms with Crippen molar-refractivity contribution >= 4 is 40.1 Å². The Labute approximate surface area is 189 Å². The van der Waals surface area contributed by atoms with Gasteiger partial charge in [-0.25, -0.2) is 4.98 Å². The van der Waals surface area contributed by atoms with Gasteiger partial charge in [0.1, 0.15) is 6.61 Å². The van der Waals surface area contributed by atoms with Crippen LogP contribution < -0.4 is 4.74 Å². The van der Waals surface area contributed by atoms with Gasteiger partial charge in [0.15, 0.2) is 0 Å². The number of fused-ring (bicyclic) bond motifs is 1. The number of hydrogen-bond acceptors (Lipinski definition) is 3. The molecule has 2 aromatic carbocycles. The van der Waals surface area contributed by atoms with E-state index in [4.69, 9.17) is 16.3 Å². The van der Waals surface area contributed by atoms with Crippen molar-refractivity contribution in [2.75, 3.05) is 6.54 Å². The van der Waals surface area contributed by atoms with Gasteiger partial charge in [0.05, 0.1) is 17.1 Å². The number of halogens is 2. The summed E-state index contributed by atoms with van der Waals surface area (Å²) >= 11 is 8.69. The van der Waals surface area contributed by atoms with E-state index >= 15 is 0 Å². The minimum Gasteiger partial charge on any atom is -0.473 e. The summed E-state index contributed by atoms with van der Waals surface area (Å²) in [6.07, 6.45) is 2.50. The Hall–Kier alpha value is -2.12. The van der Waals surface area contributed by atoms with Crippen LogP contribution in [0, 0.1) is 10.5 Å². The lowest BCUT2D eigenvalue weighted by atomic mass is 9.94. The fourth-order valence-corrected chi connectivity index (χ4v) is 4.58. The SMILES string of the molecule is Cc1cc(I)c(Cl)c2c1CCN(Cc1cccnc1OCc1ccccc1)C2=O. The summed E-state index contributed by atoms with van der Waals surface area (Å²) < 4.78 is 6.86. The Morgan fingerprint density at radius 3 is 2.79 bits per heavy atom. The third kappa shape index (κ3) is 4.26. The monoisotopic (exact) mass is 518 g/mol. The van der Waals surface area contributed by atoms with Crippen LogP contribution in [0.25, 0.3) is 0 Å². The number of ether oxygens (including phenoxy) is 1. The topological polar surface area (TPSA) is 42.4 Å². The standard InChI is InChI=1S/C23H20ClIN2O2/c1-15-12-19(25)21(24)20-18(15)9-11-27(23(20)28)13-17-8-5-10-26-22(17)29-14-16-6-3-2-4-7-16/h2-8,10,12H,9,11,13-14H2,1H3. The van der Waals surface area contributed by atoms with Crippen molar-refractivity contribution in [3.05, 3.63) is 91.1 Å². The predicted molar refractivity (Wildman–Crippen MR) is 122 cm³/mol. The molecule has 0 bridgehead atoms. The number of nitrogens with zero attached hydrogens (tertiary/aromatic N) is 2. The number of benzene rings is 2. The number of pyridine rings is 1. The number of carbonyl (C=O) groups excluding carboxylic acids is 1. The third-order valence-electron chi connectivity index (χ3n) is 5.11. The van der Waals surface area contributed by atoms with E-state index in [-0.39, 0.29) is 5.91 Å². The van der Waals surface area contributed by atoms with Crippen LogP contribution in [0.5, 0.6) is 5.88 Å². The number of aromatic nitrogens is 1. The maximum atomic E-state index is 13.2. The first-order valence-electron chi connectivity index (χ1n) is 9.42. The van der Waals surface area contributed by atoms with Gasteiger partial charge in [0, 0.05) is 21.9 Å². The third-order valence-corrected chi connectivity index (χ3v) is 6.67. The molecular weight excluding hydrogens is 499 g/mol. The van der Waals surface area contributed by atoms with Gasteiger partial charge in [-0.15, -0.1) is 0 Å². The van der Waals surface area contributed by atoms with E-state index in [0.717, 1.165) is 32.2 Å². The molecule has 0 unspecified atom stereocenters. The van der Waals surface area contributed by atoms with Crippen LogP contribution >= 0.6 is 34.2 Å². The summed E-state index contributed by atoms with van der Waals surface area (Å²) in [7, 11) is 0. The van der Waals surface area contributed by atoms with Gasteiger partial charge in [-0.3, -0.25) is 4.79 Å². The molecule has 0 aliphatic carbocycles. The molecule has 1 amide bonds. The van der Waals surface area contributed by atoms with E-state index in [1.165, 1.54) is 0 Å². The van der Waals surface area contributed by atoms with E-state index in [2.05, 4.69) is 27.6 Å². The van der Waals surface area contributed by atoms with Crippen molar-refractivity contribution in [2.24, 2.45) is 0 Å². The predicted octanol–water partition coefficient (Wildman–Crippen LogP) is 5.43. The zero-order valence-electron chi connectivity index (χ0n) is 16.0. The fourth-order valence-electron chi connectivity index (χ4n) is 3.60. The van der Waals surface area contributed by atoms with E-state index < -0.39 is 0 Å². The number of aryl methyl sites for hydroxylation is 1. The Kier molecular flexibility index (Phi) is 6.06. The van der Waals surface area contributed by atoms with Crippen LogP contribution in [-0.2, 0) is 19.6 Å². The maximum absolute atomic E-state index is 13.2. The van der Waals surface area contributed by atoms with Crippen molar-refractivity contribution in [3.63, 3.8) is 0 Å². The molecule has 1 aromatic heterocycles. The van der Waals surface area contributed by atoms with Gasteiger partial charge in [0.2, 0.25) is 5.88 Å². The minimum absolute atomic E-state index is 0.0317. The average molecular weight is 519 g/mol. The molecule has 4 rings (SSSR count). The van der Waals surface area contributed by atoms with Crippen LogP contribution in [0.3, 0.4) is 0 Å². The van der Waals surface area contributed by atoms with Crippen molar-refractivity contribution in [1.29, 1.82) is 0 Å². The summed E-state index contributed by atoms with van der Waals surface area (Å²) in [5.41, 5.74) is 4.78. The zero-order valence-corrected chi connectivity index (χ0v) is 18.9. The first kappa shape index (κ1) is 20.2. The lowest BCUT2D eigenvalue weighted by molar-refractivity contribution is 0.0724. The molecule has 148 valence electrons. The first-order chi connectivity index (χ1) is 14.0.